The number of carbonyl (C=O) groups is 1. The van der Waals surface area contributed by atoms with E-state index >= 15 is 0 Å². The van der Waals surface area contributed by atoms with Crippen molar-refractivity contribution < 1.29 is 4.79 Å². The Morgan fingerprint density at radius 1 is 0.647 bits per heavy atom. The predicted octanol–water partition coefficient (Wildman–Crippen LogP) is 4.97. The van der Waals surface area contributed by atoms with E-state index in [2.05, 4.69) is 18.2 Å². The Kier molecular flexibility index (Phi) is 8.62. The van der Waals surface area contributed by atoms with Gasteiger partial charge in [0.1, 0.15) is 5.78 Å². The molecule has 0 amide bonds. The van der Waals surface area contributed by atoms with Crippen LogP contribution in [-0.2, 0) is 4.79 Å². The molecule has 0 saturated carbocycles. The Labute approximate surface area is 106 Å². The lowest BCUT2D eigenvalue weighted by Crippen LogP contribution is -1.95. The fourth-order valence-electron chi connectivity index (χ4n) is 2.15. The van der Waals surface area contributed by atoms with Crippen molar-refractivity contribution in [2.45, 2.75) is 70.6 Å². The van der Waals surface area contributed by atoms with Crippen LogP contribution >= 0.6 is 0 Å². The number of hydrogen-bond acceptors (Lipinski definition) is 1. The first-order valence-electron chi connectivity index (χ1n) is 7.21. The summed E-state index contributed by atoms with van der Waals surface area (Å²) in [6, 6.07) is 0. The minimum Gasteiger partial charge on any atom is -0.299 e. The van der Waals surface area contributed by atoms with E-state index in [1.807, 2.05) is 6.08 Å². The topological polar surface area (TPSA) is 17.1 Å². The average molecular weight is 234 g/mol. The number of carbonyl (C=O) groups excluding carboxylic acids is 1. The lowest BCUT2D eigenvalue weighted by Gasteiger charge is -2.01. The first-order valence-corrected chi connectivity index (χ1v) is 7.21. The van der Waals surface area contributed by atoms with Gasteiger partial charge in [0.15, 0.2) is 0 Å². The maximum absolute atomic E-state index is 11.5. The Hall–Kier alpha value is -0.850. The maximum atomic E-state index is 11.5. The highest BCUT2D eigenvalue weighted by Crippen LogP contribution is 2.10. The summed E-state index contributed by atoms with van der Waals surface area (Å²) in [6.45, 7) is 0. The number of Topliss-reactive ketones (excluding diaryl/α,β-unsaturated/α-hetero) is 1. The van der Waals surface area contributed by atoms with E-state index < -0.39 is 0 Å². The molecule has 0 radical (unpaired) electrons. The number of ketones is 1. The largest absolute Gasteiger partial charge is 0.299 e. The molecular formula is C16H26O. The first kappa shape index (κ1) is 14.2. The van der Waals surface area contributed by atoms with E-state index in [1.165, 1.54) is 38.5 Å². The average Bonchev–Trinajstić information content (AvgIpc) is 2.32. The van der Waals surface area contributed by atoms with Crippen LogP contribution in [-0.4, -0.2) is 5.78 Å². The summed E-state index contributed by atoms with van der Waals surface area (Å²) in [6.07, 6.45) is 21.2. The second-order valence-electron chi connectivity index (χ2n) is 4.92. The third-order valence-corrected chi connectivity index (χ3v) is 3.26. The van der Waals surface area contributed by atoms with E-state index in [4.69, 9.17) is 0 Å². The number of rotatable bonds is 0. The number of allylic oxidation sites excluding steroid dienone is 4. The van der Waals surface area contributed by atoms with Crippen LogP contribution in [0.15, 0.2) is 24.3 Å². The maximum Gasteiger partial charge on any atom is 0.136 e. The molecule has 0 unspecified atom stereocenters. The molecule has 1 aliphatic carbocycles. The second kappa shape index (κ2) is 10.3. The minimum atomic E-state index is 0.406. The van der Waals surface area contributed by atoms with Gasteiger partial charge in [-0.3, -0.25) is 4.79 Å². The van der Waals surface area contributed by atoms with E-state index in [0.717, 1.165) is 25.7 Å². The van der Waals surface area contributed by atoms with Gasteiger partial charge >= 0.3 is 0 Å². The van der Waals surface area contributed by atoms with Gasteiger partial charge in [-0.25, -0.2) is 0 Å². The molecule has 0 aliphatic heterocycles. The molecule has 0 aromatic carbocycles. The molecule has 0 saturated heterocycles. The van der Waals surface area contributed by atoms with Gasteiger partial charge in [-0.2, -0.15) is 0 Å². The summed E-state index contributed by atoms with van der Waals surface area (Å²) in [4.78, 5) is 11.5. The fraction of sp³-hybridized carbons (Fsp3) is 0.688. The van der Waals surface area contributed by atoms with Gasteiger partial charge < -0.3 is 0 Å². The van der Waals surface area contributed by atoms with Gasteiger partial charge in [-0.1, -0.05) is 50.0 Å². The lowest BCUT2D eigenvalue weighted by molar-refractivity contribution is -0.118. The molecule has 0 N–H and O–H groups in total. The lowest BCUT2D eigenvalue weighted by atomic mass is 10.0. The fourth-order valence-corrected chi connectivity index (χ4v) is 2.15. The van der Waals surface area contributed by atoms with Crippen LogP contribution in [0.2, 0.25) is 0 Å². The Morgan fingerprint density at radius 3 is 2.06 bits per heavy atom. The molecule has 1 nitrogen and oxygen atoms in total. The van der Waals surface area contributed by atoms with E-state index in [1.54, 1.807) is 0 Å². The molecular weight excluding hydrogens is 208 g/mol. The summed E-state index contributed by atoms with van der Waals surface area (Å²) in [7, 11) is 0. The van der Waals surface area contributed by atoms with Crippen LogP contribution in [0, 0.1) is 0 Å². The van der Waals surface area contributed by atoms with E-state index in [0.29, 0.717) is 12.2 Å². The van der Waals surface area contributed by atoms with Gasteiger partial charge in [0.05, 0.1) is 0 Å². The summed E-state index contributed by atoms with van der Waals surface area (Å²) < 4.78 is 0. The second-order valence-corrected chi connectivity index (χ2v) is 4.92. The smallest absolute Gasteiger partial charge is 0.136 e. The molecule has 0 aromatic heterocycles. The molecule has 0 fully saturated rings. The predicted molar refractivity (Wildman–Crippen MR) is 74.1 cm³/mol. The van der Waals surface area contributed by atoms with E-state index in [9.17, 15) is 4.79 Å². The molecule has 1 aliphatic rings. The Bertz CT molecular complexity index is 250. The third kappa shape index (κ3) is 8.91. The van der Waals surface area contributed by atoms with Crippen LogP contribution in [0.1, 0.15) is 70.6 Å². The molecule has 0 heterocycles. The molecule has 0 spiro atoms. The van der Waals surface area contributed by atoms with Crippen LogP contribution < -0.4 is 0 Å². The first-order chi connectivity index (χ1) is 8.39. The molecule has 1 rings (SSSR count). The van der Waals surface area contributed by atoms with Crippen LogP contribution in [0.5, 0.6) is 0 Å². The van der Waals surface area contributed by atoms with Crippen molar-refractivity contribution in [3.05, 3.63) is 24.3 Å². The van der Waals surface area contributed by atoms with E-state index in [-0.39, 0.29) is 0 Å². The molecule has 0 bridgehead atoms. The van der Waals surface area contributed by atoms with Crippen molar-refractivity contribution in [3.63, 3.8) is 0 Å². The van der Waals surface area contributed by atoms with Crippen LogP contribution in [0.3, 0.4) is 0 Å². The Balaban J connectivity index is 2.26. The van der Waals surface area contributed by atoms with Crippen molar-refractivity contribution >= 4 is 5.78 Å². The zero-order valence-corrected chi connectivity index (χ0v) is 11.0. The van der Waals surface area contributed by atoms with Gasteiger partial charge in [-0.05, 0) is 32.1 Å². The summed E-state index contributed by atoms with van der Waals surface area (Å²) in [5.41, 5.74) is 0. The highest BCUT2D eigenvalue weighted by atomic mass is 16.1. The summed E-state index contributed by atoms with van der Waals surface area (Å²) >= 11 is 0. The van der Waals surface area contributed by atoms with Crippen molar-refractivity contribution in [1.29, 1.82) is 0 Å². The molecule has 0 aromatic rings. The molecule has 96 valence electrons. The van der Waals surface area contributed by atoms with Crippen LogP contribution in [0.25, 0.3) is 0 Å². The minimum absolute atomic E-state index is 0.406. The van der Waals surface area contributed by atoms with Crippen molar-refractivity contribution in [2.75, 3.05) is 0 Å². The van der Waals surface area contributed by atoms with Crippen molar-refractivity contribution in [3.8, 4) is 0 Å². The molecule has 17 heavy (non-hydrogen) atoms. The van der Waals surface area contributed by atoms with Crippen molar-refractivity contribution in [1.82, 2.24) is 0 Å². The third-order valence-electron chi connectivity index (χ3n) is 3.26. The van der Waals surface area contributed by atoms with Gasteiger partial charge in [0.2, 0.25) is 0 Å². The summed E-state index contributed by atoms with van der Waals surface area (Å²) in [5, 5.41) is 0. The number of hydrogen-bond donors (Lipinski definition) is 0. The summed E-state index contributed by atoms with van der Waals surface area (Å²) in [5.74, 6) is 0.406. The molecule has 1 heteroatoms. The standard InChI is InChI=1S/C16H26O/c17-16-14-12-10-8-6-4-2-1-3-5-7-9-11-13-15-16/h2,4,10,12H,1,3,5-9,11,13-15H2. The zero-order chi connectivity index (χ0) is 12.2. The monoisotopic (exact) mass is 234 g/mol. The van der Waals surface area contributed by atoms with Crippen molar-refractivity contribution in [2.24, 2.45) is 0 Å². The Morgan fingerprint density at radius 2 is 1.24 bits per heavy atom. The zero-order valence-electron chi connectivity index (χ0n) is 11.0. The quantitative estimate of drug-likeness (QED) is 0.541. The highest BCUT2D eigenvalue weighted by Gasteiger charge is 1.99. The van der Waals surface area contributed by atoms with Crippen LogP contribution in [0.4, 0.5) is 0 Å². The highest BCUT2D eigenvalue weighted by molar-refractivity contribution is 5.79. The van der Waals surface area contributed by atoms with Gasteiger partial charge in [0.25, 0.3) is 0 Å². The van der Waals surface area contributed by atoms with Gasteiger partial charge in [0, 0.05) is 12.8 Å². The van der Waals surface area contributed by atoms with Gasteiger partial charge in [-0.15, -0.1) is 0 Å². The molecule has 0 atom stereocenters. The SMILES string of the molecule is O=C1CC=CCCC=CCCCCCCCC1. The normalized spacial score (nSPS) is 21.5.